The number of aliphatic carboxylic acids is 1. The third-order valence-electron chi connectivity index (χ3n) is 5.70. The molecule has 0 spiro atoms. The second-order valence-electron chi connectivity index (χ2n) is 7.74. The zero-order valence-electron chi connectivity index (χ0n) is 15.9. The van der Waals surface area contributed by atoms with Crippen molar-refractivity contribution < 1.29 is 19.5 Å². The number of likely N-dealkylation sites (tertiary alicyclic amines) is 1. The molecule has 0 aliphatic carbocycles. The van der Waals surface area contributed by atoms with Gasteiger partial charge in [-0.2, -0.15) is 0 Å². The molecule has 8 heteroatoms. The number of carbonyl (C=O) groups excluding carboxylic acids is 2. The highest BCUT2D eigenvalue weighted by atomic mass is 32.1. The molecule has 0 saturated carbocycles. The van der Waals surface area contributed by atoms with Crippen LogP contribution in [0.25, 0.3) is 0 Å². The molecule has 2 aliphatic heterocycles. The van der Waals surface area contributed by atoms with Crippen molar-refractivity contribution in [3.05, 3.63) is 22.4 Å². The molecule has 7 nitrogen and oxygen atoms in total. The molecule has 0 radical (unpaired) electrons. The molecule has 0 bridgehead atoms. The van der Waals surface area contributed by atoms with E-state index in [0.717, 1.165) is 12.8 Å². The van der Waals surface area contributed by atoms with Crippen LogP contribution in [0.5, 0.6) is 0 Å². The largest absolute Gasteiger partial charge is 0.480 e. The number of piperazine rings is 1. The first-order valence-corrected chi connectivity index (χ1v) is 10.3. The predicted molar refractivity (Wildman–Crippen MR) is 103 cm³/mol. The third kappa shape index (κ3) is 4.16. The van der Waals surface area contributed by atoms with Crippen LogP contribution in [0, 0.1) is 5.92 Å². The molecule has 1 N–H and O–H groups in total. The van der Waals surface area contributed by atoms with E-state index in [-0.39, 0.29) is 17.7 Å². The van der Waals surface area contributed by atoms with Crippen molar-refractivity contribution in [1.82, 2.24) is 14.7 Å². The van der Waals surface area contributed by atoms with Gasteiger partial charge in [0.05, 0.1) is 10.8 Å². The molecule has 148 valence electrons. The summed E-state index contributed by atoms with van der Waals surface area (Å²) in [6.07, 6.45) is 1.63. The number of amides is 2. The van der Waals surface area contributed by atoms with Gasteiger partial charge >= 0.3 is 5.97 Å². The molecule has 0 aromatic carbocycles. The lowest BCUT2D eigenvalue weighted by Crippen LogP contribution is -2.59. The maximum atomic E-state index is 13.0. The van der Waals surface area contributed by atoms with Crippen LogP contribution >= 0.6 is 11.3 Å². The fourth-order valence-electron chi connectivity index (χ4n) is 3.80. The normalized spacial score (nSPS) is 21.9. The fourth-order valence-corrected chi connectivity index (χ4v) is 4.49. The first-order valence-electron chi connectivity index (χ1n) is 9.40. The van der Waals surface area contributed by atoms with Gasteiger partial charge in [-0.1, -0.05) is 6.07 Å². The zero-order valence-corrected chi connectivity index (χ0v) is 16.7. The Hall–Kier alpha value is -1.93. The van der Waals surface area contributed by atoms with E-state index in [4.69, 9.17) is 0 Å². The quantitative estimate of drug-likeness (QED) is 0.841. The summed E-state index contributed by atoms with van der Waals surface area (Å²) in [6, 6.07) is 3.68. The summed E-state index contributed by atoms with van der Waals surface area (Å²) in [4.78, 5) is 43.2. The van der Waals surface area contributed by atoms with Crippen molar-refractivity contribution in [1.29, 1.82) is 0 Å². The van der Waals surface area contributed by atoms with Crippen LogP contribution in [0.4, 0.5) is 0 Å². The lowest BCUT2D eigenvalue weighted by molar-refractivity contribution is -0.151. The molecule has 1 aromatic rings. The van der Waals surface area contributed by atoms with E-state index >= 15 is 0 Å². The molecule has 1 unspecified atom stereocenters. The highest BCUT2D eigenvalue weighted by Gasteiger charge is 2.38. The van der Waals surface area contributed by atoms with E-state index in [1.807, 2.05) is 27.3 Å². The Morgan fingerprint density at radius 1 is 1.11 bits per heavy atom. The minimum Gasteiger partial charge on any atom is -0.480 e. The number of carboxylic acids is 1. The highest BCUT2D eigenvalue weighted by Crippen LogP contribution is 2.24. The van der Waals surface area contributed by atoms with Gasteiger partial charge in [0.2, 0.25) is 5.91 Å². The molecular weight excluding hydrogens is 366 g/mol. The fraction of sp³-hybridized carbons (Fsp3) is 0.632. The predicted octanol–water partition coefficient (Wildman–Crippen LogP) is 1.61. The maximum absolute atomic E-state index is 13.0. The average Bonchev–Trinajstić information content (AvgIpc) is 3.21. The Bertz CT molecular complexity index is 696. The van der Waals surface area contributed by atoms with Gasteiger partial charge in [0.25, 0.3) is 5.91 Å². The number of carbonyl (C=O) groups is 3. The van der Waals surface area contributed by atoms with Crippen LogP contribution in [-0.2, 0) is 9.59 Å². The van der Waals surface area contributed by atoms with Crippen molar-refractivity contribution in [2.45, 2.75) is 32.2 Å². The number of thiophene rings is 1. The maximum Gasteiger partial charge on any atom is 0.323 e. The smallest absolute Gasteiger partial charge is 0.323 e. The van der Waals surface area contributed by atoms with E-state index in [9.17, 15) is 19.5 Å². The van der Waals surface area contributed by atoms with E-state index in [2.05, 4.69) is 0 Å². The number of hydrogen-bond donors (Lipinski definition) is 1. The van der Waals surface area contributed by atoms with Gasteiger partial charge in [-0.15, -0.1) is 11.3 Å². The summed E-state index contributed by atoms with van der Waals surface area (Å²) in [5.74, 6) is -0.916. The molecule has 27 heavy (non-hydrogen) atoms. The molecule has 2 saturated heterocycles. The topological polar surface area (TPSA) is 81.2 Å². The number of piperidine rings is 1. The van der Waals surface area contributed by atoms with Crippen LogP contribution < -0.4 is 0 Å². The van der Waals surface area contributed by atoms with E-state index < -0.39 is 11.5 Å². The van der Waals surface area contributed by atoms with Gasteiger partial charge in [-0.25, -0.2) is 0 Å². The summed E-state index contributed by atoms with van der Waals surface area (Å²) in [6.45, 7) is 6.72. The second kappa shape index (κ2) is 7.98. The van der Waals surface area contributed by atoms with Gasteiger partial charge in [-0.05, 0) is 38.1 Å². The van der Waals surface area contributed by atoms with Gasteiger partial charge in [-0.3, -0.25) is 19.3 Å². The number of carboxylic acid groups (broad SMARTS) is 1. The minimum atomic E-state index is -0.927. The lowest BCUT2D eigenvalue weighted by atomic mass is 9.95. The summed E-state index contributed by atoms with van der Waals surface area (Å²) in [7, 11) is 0. The Labute approximate surface area is 163 Å². The van der Waals surface area contributed by atoms with Crippen molar-refractivity contribution in [2.24, 2.45) is 5.92 Å². The molecule has 1 aromatic heterocycles. The zero-order chi connectivity index (χ0) is 19.6. The standard InChI is InChI=1S/C19H27N3O4S/c1-19(2,18(25)26)22-10-8-20(9-11-22)16(23)14-5-3-7-21(13-14)17(24)15-6-4-12-27-15/h4,6,12,14H,3,5,7-11,13H2,1-2H3,(H,25,26). The van der Waals surface area contributed by atoms with Crippen LogP contribution in [0.15, 0.2) is 17.5 Å². The molecule has 2 aliphatic rings. The third-order valence-corrected chi connectivity index (χ3v) is 6.55. The molecule has 3 rings (SSSR count). The van der Waals surface area contributed by atoms with Crippen molar-refractivity contribution in [2.75, 3.05) is 39.3 Å². The SMILES string of the molecule is CC(C)(C(=O)O)N1CCN(C(=O)C2CCCN(C(=O)c3cccs3)C2)CC1. The molecule has 2 amide bonds. The summed E-state index contributed by atoms with van der Waals surface area (Å²) >= 11 is 1.43. The molecular formula is C19H27N3O4S. The van der Waals surface area contributed by atoms with Crippen molar-refractivity contribution in [3.63, 3.8) is 0 Å². The van der Waals surface area contributed by atoms with E-state index in [0.29, 0.717) is 44.1 Å². The molecule has 2 fully saturated rings. The van der Waals surface area contributed by atoms with Crippen LogP contribution in [0.1, 0.15) is 36.4 Å². The van der Waals surface area contributed by atoms with Gasteiger partial charge in [0.15, 0.2) is 0 Å². The summed E-state index contributed by atoms with van der Waals surface area (Å²) in [5.41, 5.74) is -0.927. The van der Waals surface area contributed by atoms with Crippen molar-refractivity contribution in [3.8, 4) is 0 Å². The molecule has 3 heterocycles. The van der Waals surface area contributed by atoms with Crippen LogP contribution in [0.3, 0.4) is 0 Å². The first-order chi connectivity index (χ1) is 12.8. The van der Waals surface area contributed by atoms with Crippen LogP contribution in [0.2, 0.25) is 0 Å². The number of hydrogen-bond acceptors (Lipinski definition) is 5. The van der Waals surface area contributed by atoms with Gasteiger partial charge in [0.1, 0.15) is 5.54 Å². The van der Waals surface area contributed by atoms with E-state index in [1.54, 1.807) is 18.7 Å². The summed E-state index contributed by atoms with van der Waals surface area (Å²) in [5, 5.41) is 11.3. The van der Waals surface area contributed by atoms with Gasteiger partial charge in [0, 0.05) is 39.3 Å². The highest BCUT2D eigenvalue weighted by molar-refractivity contribution is 7.12. The monoisotopic (exact) mass is 393 g/mol. The van der Waals surface area contributed by atoms with E-state index in [1.165, 1.54) is 11.3 Å². The molecule has 1 atom stereocenters. The summed E-state index contributed by atoms with van der Waals surface area (Å²) < 4.78 is 0. The number of nitrogens with zero attached hydrogens (tertiary/aromatic N) is 3. The Morgan fingerprint density at radius 3 is 2.41 bits per heavy atom. The van der Waals surface area contributed by atoms with Gasteiger partial charge < -0.3 is 14.9 Å². The average molecular weight is 394 g/mol. The van der Waals surface area contributed by atoms with Crippen LogP contribution in [-0.4, -0.2) is 82.4 Å². The lowest BCUT2D eigenvalue weighted by Gasteiger charge is -2.43. The Morgan fingerprint density at radius 2 is 1.81 bits per heavy atom. The second-order valence-corrected chi connectivity index (χ2v) is 8.69. The Kier molecular flexibility index (Phi) is 5.86. The van der Waals surface area contributed by atoms with Crippen molar-refractivity contribution >= 4 is 29.1 Å². The minimum absolute atomic E-state index is 0.00975. The number of rotatable bonds is 4. The Balaban J connectivity index is 1.57. The first kappa shape index (κ1) is 19.8.